The number of aromatic nitrogens is 1. The lowest BCUT2D eigenvalue weighted by Gasteiger charge is -2.17. The molecule has 25 heavy (non-hydrogen) atoms. The van der Waals surface area contributed by atoms with Crippen LogP contribution in [0.1, 0.15) is 18.4 Å². The minimum atomic E-state index is -0.176. The minimum absolute atomic E-state index is 0.0512. The first-order valence-corrected chi connectivity index (χ1v) is 8.48. The van der Waals surface area contributed by atoms with E-state index in [0.29, 0.717) is 18.0 Å². The van der Waals surface area contributed by atoms with Gasteiger partial charge in [-0.1, -0.05) is 12.1 Å². The van der Waals surface area contributed by atoms with E-state index in [4.69, 9.17) is 9.47 Å². The van der Waals surface area contributed by atoms with Crippen LogP contribution in [0.5, 0.6) is 11.5 Å². The first-order valence-electron chi connectivity index (χ1n) is 8.48. The zero-order chi connectivity index (χ0) is 17.5. The highest BCUT2D eigenvalue weighted by Crippen LogP contribution is 2.25. The highest BCUT2D eigenvalue weighted by atomic mass is 16.5. The van der Waals surface area contributed by atoms with Gasteiger partial charge in [-0.3, -0.25) is 4.79 Å². The summed E-state index contributed by atoms with van der Waals surface area (Å²) < 4.78 is 10.7. The van der Waals surface area contributed by atoms with Crippen molar-refractivity contribution in [1.29, 1.82) is 0 Å². The summed E-state index contributed by atoms with van der Waals surface area (Å²) in [5, 5.41) is 2.87. The van der Waals surface area contributed by atoms with Crippen LogP contribution in [0.3, 0.4) is 0 Å². The summed E-state index contributed by atoms with van der Waals surface area (Å²) >= 11 is 0. The lowest BCUT2D eigenvalue weighted by Crippen LogP contribution is -2.28. The van der Waals surface area contributed by atoms with Gasteiger partial charge in [-0.25, -0.2) is 4.98 Å². The van der Waals surface area contributed by atoms with Crippen molar-refractivity contribution in [3.05, 3.63) is 48.2 Å². The second-order valence-electron chi connectivity index (χ2n) is 5.93. The average Bonchev–Trinajstić information content (AvgIpc) is 3.20. The van der Waals surface area contributed by atoms with Crippen molar-refractivity contribution in [2.45, 2.75) is 19.4 Å². The van der Waals surface area contributed by atoms with Gasteiger partial charge in [0.25, 0.3) is 5.91 Å². The molecule has 0 radical (unpaired) electrons. The van der Waals surface area contributed by atoms with Crippen LogP contribution in [0.2, 0.25) is 0 Å². The Bertz CT molecular complexity index is 715. The van der Waals surface area contributed by atoms with E-state index in [-0.39, 0.29) is 12.5 Å². The predicted molar refractivity (Wildman–Crippen MR) is 96.0 cm³/mol. The number of amides is 1. The molecule has 1 aliphatic rings. The Hall–Kier alpha value is -2.76. The molecule has 0 atom stereocenters. The highest BCUT2D eigenvalue weighted by molar-refractivity contribution is 5.77. The molecular weight excluding hydrogens is 318 g/mol. The number of rotatable bonds is 7. The molecule has 0 spiro atoms. The van der Waals surface area contributed by atoms with Gasteiger partial charge in [-0.05, 0) is 42.7 Å². The zero-order valence-corrected chi connectivity index (χ0v) is 14.4. The Morgan fingerprint density at radius 1 is 1.20 bits per heavy atom. The third-order valence-corrected chi connectivity index (χ3v) is 4.16. The van der Waals surface area contributed by atoms with Crippen LogP contribution in [0.25, 0.3) is 0 Å². The SMILES string of the molecule is COc1ccccc1OCC(=O)NCc1ccnc(N2CCCC2)c1. The summed E-state index contributed by atoms with van der Waals surface area (Å²) in [5.41, 5.74) is 1.03. The summed E-state index contributed by atoms with van der Waals surface area (Å²) in [5.74, 6) is 1.97. The number of hydrogen-bond donors (Lipinski definition) is 1. The molecule has 2 heterocycles. The largest absolute Gasteiger partial charge is 0.493 e. The van der Waals surface area contributed by atoms with Crippen molar-refractivity contribution >= 4 is 11.7 Å². The van der Waals surface area contributed by atoms with Crippen molar-refractivity contribution in [2.24, 2.45) is 0 Å². The van der Waals surface area contributed by atoms with Crippen molar-refractivity contribution in [3.8, 4) is 11.5 Å². The van der Waals surface area contributed by atoms with Crippen LogP contribution < -0.4 is 19.7 Å². The van der Waals surface area contributed by atoms with Crippen LogP contribution in [0.4, 0.5) is 5.82 Å². The molecule has 0 aliphatic carbocycles. The smallest absolute Gasteiger partial charge is 0.258 e. The third-order valence-electron chi connectivity index (χ3n) is 4.16. The fourth-order valence-electron chi connectivity index (χ4n) is 2.82. The Kier molecular flexibility index (Phi) is 5.72. The third kappa shape index (κ3) is 4.62. The molecule has 1 aliphatic heterocycles. The standard InChI is InChI=1S/C19H23N3O3/c1-24-16-6-2-3-7-17(16)25-14-19(23)21-13-15-8-9-20-18(12-15)22-10-4-5-11-22/h2-3,6-9,12H,4-5,10-11,13-14H2,1H3,(H,21,23). The van der Waals surface area contributed by atoms with E-state index in [1.807, 2.05) is 24.3 Å². The topological polar surface area (TPSA) is 63.7 Å². The average molecular weight is 341 g/mol. The number of nitrogens with one attached hydrogen (secondary N) is 1. The van der Waals surface area contributed by atoms with Crippen LogP contribution >= 0.6 is 0 Å². The molecule has 1 amide bonds. The number of hydrogen-bond acceptors (Lipinski definition) is 5. The fourth-order valence-corrected chi connectivity index (χ4v) is 2.82. The maximum absolute atomic E-state index is 12.0. The molecule has 132 valence electrons. The maximum Gasteiger partial charge on any atom is 0.258 e. The van der Waals surface area contributed by atoms with Gasteiger partial charge in [0.2, 0.25) is 0 Å². The number of nitrogens with zero attached hydrogens (tertiary/aromatic N) is 2. The number of benzene rings is 1. The van der Waals surface area contributed by atoms with E-state index >= 15 is 0 Å². The van der Waals surface area contributed by atoms with Gasteiger partial charge in [0.15, 0.2) is 18.1 Å². The predicted octanol–water partition coefficient (Wildman–Crippen LogP) is 2.39. The number of ether oxygens (including phenoxy) is 2. The number of anilines is 1. The van der Waals surface area contributed by atoms with Gasteiger partial charge in [0, 0.05) is 25.8 Å². The van der Waals surface area contributed by atoms with Crippen molar-refractivity contribution in [1.82, 2.24) is 10.3 Å². The molecule has 3 rings (SSSR count). The van der Waals surface area contributed by atoms with E-state index in [9.17, 15) is 4.79 Å². The number of methoxy groups -OCH3 is 1. The summed E-state index contributed by atoms with van der Waals surface area (Å²) in [6, 6.07) is 11.2. The Balaban J connectivity index is 1.49. The molecule has 0 unspecified atom stereocenters. The number of para-hydroxylation sites is 2. The Labute approximate surface area is 147 Å². The van der Waals surface area contributed by atoms with Crippen molar-refractivity contribution < 1.29 is 14.3 Å². The molecule has 1 aromatic heterocycles. The fraction of sp³-hybridized carbons (Fsp3) is 0.368. The van der Waals surface area contributed by atoms with Crippen molar-refractivity contribution in [3.63, 3.8) is 0 Å². The summed E-state index contributed by atoms with van der Waals surface area (Å²) in [7, 11) is 1.57. The van der Waals surface area contributed by atoms with Crippen LogP contribution in [0.15, 0.2) is 42.6 Å². The van der Waals surface area contributed by atoms with Gasteiger partial charge in [-0.2, -0.15) is 0 Å². The number of carbonyl (C=O) groups excluding carboxylic acids is 1. The Morgan fingerprint density at radius 2 is 1.96 bits per heavy atom. The molecule has 1 N–H and O–H groups in total. The molecule has 1 fully saturated rings. The molecule has 6 nitrogen and oxygen atoms in total. The van der Waals surface area contributed by atoms with E-state index < -0.39 is 0 Å². The number of carbonyl (C=O) groups is 1. The van der Waals surface area contributed by atoms with Gasteiger partial charge in [-0.15, -0.1) is 0 Å². The molecule has 1 aromatic carbocycles. The molecule has 1 saturated heterocycles. The molecule has 0 bridgehead atoms. The van der Waals surface area contributed by atoms with E-state index in [1.165, 1.54) is 12.8 Å². The van der Waals surface area contributed by atoms with E-state index in [1.54, 1.807) is 25.4 Å². The normalized spacial score (nSPS) is 13.6. The first-order chi connectivity index (χ1) is 12.3. The Morgan fingerprint density at radius 3 is 2.72 bits per heavy atom. The lowest BCUT2D eigenvalue weighted by atomic mass is 10.2. The summed E-state index contributed by atoms with van der Waals surface area (Å²) in [4.78, 5) is 18.7. The lowest BCUT2D eigenvalue weighted by molar-refractivity contribution is -0.123. The maximum atomic E-state index is 12.0. The van der Waals surface area contributed by atoms with E-state index in [2.05, 4.69) is 15.2 Å². The van der Waals surface area contributed by atoms with Crippen LogP contribution in [-0.2, 0) is 11.3 Å². The molecule has 0 saturated carbocycles. The first kappa shape index (κ1) is 17.1. The molecule has 2 aromatic rings. The second-order valence-corrected chi connectivity index (χ2v) is 5.93. The minimum Gasteiger partial charge on any atom is -0.493 e. The molecule has 6 heteroatoms. The van der Waals surface area contributed by atoms with Crippen LogP contribution in [0, 0.1) is 0 Å². The van der Waals surface area contributed by atoms with Crippen LogP contribution in [-0.4, -0.2) is 37.7 Å². The van der Waals surface area contributed by atoms with Gasteiger partial charge in [0.1, 0.15) is 5.82 Å². The summed E-state index contributed by atoms with van der Waals surface area (Å²) in [6.45, 7) is 2.51. The quantitative estimate of drug-likeness (QED) is 0.838. The van der Waals surface area contributed by atoms with Gasteiger partial charge in [0.05, 0.1) is 7.11 Å². The van der Waals surface area contributed by atoms with Crippen molar-refractivity contribution in [2.75, 3.05) is 31.7 Å². The number of pyridine rings is 1. The second kappa shape index (κ2) is 8.37. The van der Waals surface area contributed by atoms with Gasteiger partial charge >= 0.3 is 0 Å². The highest BCUT2D eigenvalue weighted by Gasteiger charge is 2.13. The zero-order valence-electron chi connectivity index (χ0n) is 14.4. The summed E-state index contributed by atoms with van der Waals surface area (Å²) in [6.07, 6.45) is 4.21. The monoisotopic (exact) mass is 341 g/mol. The van der Waals surface area contributed by atoms with E-state index in [0.717, 1.165) is 24.5 Å². The van der Waals surface area contributed by atoms with Gasteiger partial charge < -0.3 is 19.7 Å². The molecular formula is C19H23N3O3.